The van der Waals surface area contributed by atoms with Gasteiger partial charge < -0.3 is 14.4 Å². The number of carbonyl (C=O) groups is 2. The Morgan fingerprint density at radius 1 is 1.21 bits per heavy atom. The van der Waals surface area contributed by atoms with Gasteiger partial charge in [-0.15, -0.1) is 0 Å². The Morgan fingerprint density at radius 3 is 2.45 bits per heavy atom. The number of aromatic nitrogens is 1. The van der Waals surface area contributed by atoms with E-state index in [0.717, 1.165) is 23.3 Å². The number of esters is 1. The van der Waals surface area contributed by atoms with Gasteiger partial charge in [-0.3, -0.25) is 19.9 Å². The van der Waals surface area contributed by atoms with Crippen LogP contribution in [0.2, 0.25) is 0 Å². The van der Waals surface area contributed by atoms with Gasteiger partial charge in [0.2, 0.25) is 0 Å². The van der Waals surface area contributed by atoms with E-state index in [2.05, 4.69) is 4.98 Å². The minimum atomic E-state index is -0.728. The van der Waals surface area contributed by atoms with Gasteiger partial charge in [0.1, 0.15) is 5.75 Å². The summed E-state index contributed by atoms with van der Waals surface area (Å²) in [7, 11) is 3.12. The highest BCUT2D eigenvalue weighted by Gasteiger charge is 2.22. The summed E-state index contributed by atoms with van der Waals surface area (Å²) in [5, 5.41) is 11.2. The largest absolute Gasteiger partial charge is 0.496 e. The predicted molar refractivity (Wildman–Crippen MR) is 105 cm³/mol. The Labute approximate surface area is 168 Å². The van der Waals surface area contributed by atoms with Crippen LogP contribution in [0.25, 0.3) is 0 Å². The SMILES string of the molecule is CCOC(=O)c1cc(C(=O)N(C)Cc2ncc(C)c(OC)c2C)cc([N+](=O)[O-])c1. The molecule has 0 spiro atoms. The molecule has 0 atom stereocenters. The highest BCUT2D eigenvalue weighted by Crippen LogP contribution is 2.25. The molecular weight excluding hydrogens is 378 g/mol. The number of rotatable bonds is 7. The molecule has 0 fully saturated rings. The first kappa shape index (κ1) is 21.8. The minimum Gasteiger partial charge on any atom is -0.496 e. The number of hydrogen-bond donors (Lipinski definition) is 0. The third-order valence-corrected chi connectivity index (χ3v) is 4.37. The maximum Gasteiger partial charge on any atom is 0.338 e. The van der Waals surface area contributed by atoms with Gasteiger partial charge in [-0.05, 0) is 26.8 Å². The van der Waals surface area contributed by atoms with Crippen LogP contribution >= 0.6 is 0 Å². The van der Waals surface area contributed by atoms with Gasteiger partial charge in [0.25, 0.3) is 11.6 Å². The van der Waals surface area contributed by atoms with Crippen molar-refractivity contribution >= 4 is 17.6 Å². The van der Waals surface area contributed by atoms with E-state index < -0.39 is 16.8 Å². The summed E-state index contributed by atoms with van der Waals surface area (Å²) in [6, 6.07) is 3.52. The van der Waals surface area contributed by atoms with Gasteiger partial charge >= 0.3 is 5.97 Å². The average Bonchev–Trinajstić information content (AvgIpc) is 2.69. The molecule has 2 aromatic rings. The molecule has 0 saturated carbocycles. The number of hydrogen-bond acceptors (Lipinski definition) is 7. The smallest absolute Gasteiger partial charge is 0.338 e. The third kappa shape index (κ3) is 4.87. The number of carbonyl (C=O) groups excluding carboxylic acids is 2. The van der Waals surface area contributed by atoms with Gasteiger partial charge in [0.05, 0.1) is 36.4 Å². The van der Waals surface area contributed by atoms with Crippen molar-refractivity contribution in [3.8, 4) is 5.75 Å². The van der Waals surface area contributed by atoms with Gasteiger partial charge in [-0.2, -0.15) is 0 Å². The molecule has 29 heavy (non-hydrogen) atoms. The predicted octanol–water partition coefficient (Wildman–Crippen LogP) is 3.06. The van der Waals surface area contributed by atoms with E-state index >= 15 is 0 Å². The highest BCUT2D eigenvalue weighted by atomic mass is 16.6. The second-order valence-electron chi connectivity index (χ2n) is 6.45. The number of non-ortho nitro benzene ring substituents is 1. The number of nitrogens with zero attached hydrogens (tertiary/aromatic N) is 3. The molecule has 0 radical (unpaired) electrons. The van der Waals surface area contributed by atoms with Crippen molar-refractivity contribution in [2.24, 2.45) is 0 Å². The molecule has 2 rings (SSSR count). The summed E-state index contributed by atoms with van der Waals surface area (Å²) in [5.41, 5.74) is 1.92. The number of benzene rings is 1. The van der Waals surface area contributed by atoms with Crippen LogP contribution in [-0.2, 0) is 11.3 Å². The second kappa shape index (κ2) is 9.13. The zero-order valence-electron chi connectivity index (χ0n) is 17.0. The quantitative estimate of drug-likeness (QED) is 0.398. The van der Waals surface area contributed by atoms with Crippen molar-refractivity contribution in [2.75, 3.05) is 20.8 Å². The Hall–Kier alpha value is -3.49. The van der Waals surface area contributed by atoms with Crippen LogP contribution in [0.4, 0.5) is 5.69 Å². The summed E-state index contributed by atoms with van der Waals surface area (Å²) in [4.78, 5) is 41.2. The van der Waals surface area contributed by atoms with Crippen molar-refractivity contribution in [3.05, 3.63) is 62.5 Å². The summed E-state index contributed by atoms with van der Waals surface area (Å²) in [6.45, 7) is 5.63. The zero-order chi connectivity index (χ0) is 21.7. The van der Waals surface area contributed by atoms with E-state index in [0.29, 0.717) is 11.4 Å². The maximum atomic E-state index is 12.9. The molecule has 0 aliphatic heterocycles. The molecule has 1 aromatic heterocycles. The van der Waals surface area contributed by atoms with E-state index in [1.54, 1.807) is 27.3 Å². The highest BCUT2D eigenvalue weighted by molar-refractivity contribution is 5.98. The van der Waals surface area contributed by atoms with Gasteiger partial charge in [-0.1, -0.05) is 0 Å². The average molecular weight is 401 g/mol. The topological polar surface area (TPSA) is 112 Å². The number of pyridine rings is 1. The van der Waals surface area contributed by atoms with E-state index in [1.807, 2.05) is 13.8 Å². The molecule has 154 valence electrons. The lowest BCUT2D eigenvalue weighted by Gasteiger charge is -2.19. The van der Waals surface area contributed by atoms with Gasteiger partial charge in [-0.25, -0.2) is 4.79 Å². The second-order valence-corrected chi connectivity index (χ2v) is 6.45. The number of methoxy groups -OCH3 is 1. The molecule has 0 aliphatic carbocycles. The van der Waals surface area contributed by atoms with Crippen molar-refractivity contribution in [1.29, 1.82) is 0 Å². The molecule has 1 heterocycles. The molecule has 0 aliphatic rings. The molecule has 9 heteroatoms. The van der Waals surface area contributed by atoms with Crippen molar-refractivity contribution in [1.82, 2.24) is 9.88 Å². The fraction of sp³-hybridized carbons (Fsp3) is 0.350. The summed E-state index contributed by atoms with van der Waals surface area (Å²) < 4.78 is 10.3. The molecule has 1 amide bonds. The molecule has 0 saturated heterocycles. The number of amides is 1. The van der Waals surface area contributed by atoms with Gasteiger partial charge in [0, 0.05) is 42.1 Å². The lowest BCUT2D eigenvalue weighted by molar-refractivity contribution is -0.384. The van der Waals surface area contributed by atoms with Crippen LogP contribution in [0, 0.1) is 24.0 Å². The van der Waals surface area contributed by atoms with Gasteiger partial charge in [0.15, 0.2) is 0 Å². The van der Waals surface area contributed by atoms with Crippen LogP contribution in [-0.4, -0.2) is 47.4 Å². The van der Waals surface area contributed by atoms with Crippen LogP contribution < -0.4 is 4.74 Å². The fourth-order valence-electron chi connectivity index (χ4n) is 2.92. The lowest BCUT2D eigenvalue weighted by Crippen LogP contribution is -2.27. The van der Waals surface area contributed by atoms with Crippen LogP contribution in [0.5, 0.6) is 5.75 Å². The molecule has 9 nitrogen and oxygen atoms in total. The Bertz CT molecular complexity index is 957. The molecule has 1 aromatic carbocycles. The van der Waals surface area contributed by atoms with Crippen molar-refractivity contribution in [2.45, 2.75) is 27.3 Å². The maximum absolute atomic E-state index is 12.9. The Balaban J connectivity index is 2.36. The summed E-state index contributed by atoms with van der Waals surface area (Å²) in [6.07, 6.45) is 1.66. The molecular formula is C20H23N3O6. The van der Waals surface area contributed by atoms with Crippen LogP contribution in [0.1, 0.15) is 44.5 Å². The van der Waals surface area contributed by atoms with E-state index in [4.69, 9.17) is 9.47 Å². The molecule has 0 bridgehead atoms. The normalized spacial score (nSPS) is 10.4. The number of nitro groups is 1. The zero-order valence-corrected chi connectivity index (χ0v) is 17.0. The number of aryl methyl sites for hydroxylation is 1. The van der Waals surface area contributed by atoms with E-state index in [1.165, 1.54) is 11.0 Å². The summed E-state index contributed by atoms with van der Waals surface area (Å²) >= 11 is 0. The van der Waals surface area contributed by atoms with Crippen LogP contribution in [0.3, 0.4) is 0 Å². The van der Waals surface area contributed by atoms with Crippen LogP contribution in [0.15, 0.2) is 24.4 Å². The van der Waals surface area contributed by atoms with Crippen molar-refractivity contribution < 1.29 is 24.0 Å². The number of nitro benzene ring substituents is 1. The number of ether oxygens (including phenoxy) is 2. The molecule has 0 unspecified atom stereocenters. The third-order valence-electron chi connectivity index (χ3n) is 4.37. The fourth-order valence-corrected chi connectivity index (χ4v) is 2.92. The first-order chi connectivity index (χ1) is 13.7. The Kier molecular flexibility index (Phi) is 6.87. The van der Waals surface area contributed by atoms with E-state index in [-0.39, 0.29) is 30.0 Å². The minimum absolute atomic E-state index is 0.0153. The first-order valence-corrected chi connectivity index (χ1v) is 8.90. The standard InChI is InChI=1S/C20H23N3O6/c1-6-29-20(25)15-7-14(8-16(9-15)23(26)27)19(24)22(4)11-17-13(3)18(28-5)12(2)10-21-17/h7-10H,6,11H2,1-5H3. The summed E-state index contributed by atoms with van der Waals surface area (Å²) in [5.74, 6) is -0.524. The van der Waals surface area contributed by atoms with E-state index in [9.17, 15) is 19.7 Å². The van der Waals surface area contributed by atoms with Crippen molar-refractivity contribution in [3.63, 3.8) is 0 Å². The molecule has 0 N–H and O–H groups in total. The monoisotopic (exact) mass is 401 g/mol. The first-order valence-electron chi connectivity index (χ1n) is 8.90. The lowest BCUT2D eigenvalue weighted by atomic mass is 10.1. The Morgan fingerprint density at radius 2 is 1.86 bits per heavy atom.